The maximum Gasteiger partial charge on any atom is 0.257 e. The first kappa shape index (κ1) is 16.7. The largest absolute Gasteiger partial charge is 0.383 e. The molecule has 1 heterocycles. The highest BCUT2D eigenvalue weighted by Crippen LogP contribution is 2.13. The molecular formula is C21H21N3O. The van der Waals surface area contributed by atoms with Crippen LogP contribution in [0.15, 0.2) is 72.9 Å². The summed E-state index contributed by atoms with van der Waals surface area (Å²) in [6.07, 6.45) is 2.69. The van der Waals surface area contributed by atoms with E-state index >= 15 is 0 Å². The topological polar surface area (TPSA) is 54.0 Å². The average Bonchev–Trinajstić information content (AvgIpc) is 2.64. The molecule has 126 valence electrons. The van der Waals surface area contributed by atoms with Gasteiger partial charge in [0.25, 0.3) is 5.91 Å². The van der Waals surface area contributed by atoms with Crippen molar-refractivity contribution in [3.8, 4) is 0 Å². The summed E-state index contributed by atoms with van der Waals surface area (Å²) in [6, 6.07) is 21.6. The summed E-state index contributed by atoms with van der Waals surface area (Å²) in [7, 11) is 0. The maximum atomic E-state index is 12.3. The summed E-state index contributed by atoms with van der Waals surface area (Å²) in [5, 5.41) is 6.17. The van der Waals surface area contributed by atoms with Crippen molar-refractivity contribution in [1.29, 1.82) is 0 Å². The van der Waals surface area contributed by atoms with Gasteiger partial charge in [0.1, 0.15) is 5.82 Å². The van der Waals surface area contributed by atoms with Gasteiger partial charge in [-0.2, -0.15) is 0 Å². The summed E-state index contributed by atoms with van der Waals surface area (Å²) < 4.78 is 0. The summed E-state index contributed by atoms with van der Waals surface area (Å²) in [5.41, 5.74) is 3.84. The zero-order valence-electron chi connectivity index (χ0n) is 14.2. The Kier molecular flexibility index (Phi) is 5.42. The van der Waals surface area contributed by atoms with Crippen LogP contribution >= 0.6 is 0 Å². The zero-order chi connectivity index (χ0) is 17.5. The number of amides is 1. The lowest BCUT2D eigenvalue weighted by Gasteiger charge is -2.09. The first-order valence-electron chi connectivity index (χ1n) is 8.33. The van der Waals surface area contributed by atoms with Crippen LogP contribution in [0.4, 0.5) is 11.5 Å². The van der Waals surface area contributed by atoms with Crippen LogP contribution in [0.5, 0.6) is 0 Å². The van der Waals surface area contributed by atoms with E-state index in [0.717, 1.165) is 24.2 Å². The Morgan fingerprint density at radius 3 is 2.44 bits per heavy atom. The number of nitrogens with zero attached hydrogens (tertiary/aromatic N) is 1. The number of carbonyl (C=O) groups is 1. The molecule has 0 radical (unpaired) electrons. The Bertz CT molecular complexity index is 829. The number of pyridine rings is 1. The van der Waals surface area contributed by atoms with Gasteiger partial charge in [0.15, 0.2) is 0 Å². The van der Waals surface area contributed by atoms with Crippen LogP contribution in [-0.4, -0.2) is 17.4 Å². The Balaban J connectivity index is 1.53. The Morgan fingerprint density at radius 1 is 0.960 bits per heavy atom. The highest BCUT2D eigenvalue weighted by atomic mass is 16.1. The van der Waals surface area contributed by atoms with E-state index in [1.807, 2.05) is 55.5 Å². The quantitative estimate of drug-likeness (QED) is 0.708. The van der Waals surface area contributed by atoms with Gasteiger partial charge < -0.3 is 10.6 Å². The second kappa shape index (κ2) is 8.11. The highest BCUT2D eigenvalue weighted by Gasteiger charge is 2.08. The lowest BCUT2D eigenvalue weighted by Crippen LogP contribution is -2.14. The Labute approximate surface area is 147 Å². The summed E-state index contributed by atoms with van der Waals surface area (Å²) in [5.74, 6) is 0.400. The minimum Gasteiger partial charge on any atom is -0.383 e. The van der Waals surface area contributed by atoms with Crippen LogP contribution in [0.3, 0.4) is 0 Å². The van der Waals surface area contributed by atoms with Crippen LogP contribution in [0, 0.1) is 6.92 Å². The van der Waals surface area contributed by atoms with Crippen LogP contribution < -0.4 is 10.6 Å². The number of benzene rings is 2. The van der Waals surface area contributed by atoms with E-state index in [1.165, 1.54) is 5.56 Å². The minimum atomic E-state index is -0.143. The molecule has 4 nitrogen and oxygen atoms in total. The number of aromatic nitrogens is 1. The third-order valence-electron chi connectivity index (χ3n) is 3.98. The van der Waals surface area contributed by atoms with Gasteiger partial charge in [0, 0.05) is 12.1 Å². The first-order chi connectivity index (χ1) is 12.2. The van der Waals surface area contributed by atoms with E-state index in [-0.39, 0.29) is 5.91 Å². The maximum absolute atomic E-state index is 12.3. The van der Waals surface area contributed by atoms with Crippen molar-refractivity contribution in [3.05, 3.63) is 89.6 Å². The summed E-state index contributed by atoms with van der Waals surface area (Å²) >= 11 is 0. The molecule has 4 heteroatoms. The summed E-state index contributed by atoms with van der Waals surface area (Å²) in [4.78, 5) is 16.6. The molecule has 3 aromatic rings. The lowest BCUT2D eigenvalue weighted by atomic mass is 10.1. The molecular weight excluding hydrogens is 310 g/mol. The van der Waals surface area contributed by atoms with Gasteiger partial charge >= 0.3 is 0 Å². The van der Waals surface area contributed by atoms with Crippen molar-refractivity contribution in [1.82, 2.24) is 4.98 Å². The molecule has 0 aliphatic heterocycles. The number of nitrogens with one attached hydrogen (secondary N) is 2. The van der Waals surface area contributed by atoms with Crippen LogP contribution in [0.1, 0.15) is 21.5 Å². The third-order valence-corrected chi connectivity index (χ3v) is 3.98. The molecule has 0 saturated carbocycles. The van der Waals surface area contributed by atoms with Crippen LogP contribution in [-0.2, 0) is 6.42 Å². The number of hydrogen-bond acceptors (Lipinski definition) is 3. The average molecular weight is 331 g/mol. The SMILES string of the molecule is Cc1ccccc1C(=O)Nc1ccc(NCCc2ccccc2)cn1. The fourth-order valence-corrected chi connectivity index (χ4v) is 2.58. The van der Waals surface area contributed by atoms with Crippen molar-refractivity contribution < 1.29 is 4.79 Å². The number of anilines is 2. The highest BCUT2D eigenvalue weighted by molar-refractivity contribution is 6.04. The smallest absolute Gasteiger partial charge is 0.257 e. The van der Waals surface area contributed by atoms with Crippen molar-refractivity contribution >= 4 is 17.4 Å². The summed E-state index contributed by atoms with van der Waals surface area (Å²) in [6.45, 7) is 2.75. The zero-order valence-corrected chi connectivity index (χ0v) is 14.2. The van der Waals surface area contributed by atoms with Gasteiger partial charge in [0.2, 0.25) is 0 Å². The second-order valence-electron chi connectivity index (χ2n) is 5.86. The van der Waals surface area contributed by atoms with Crippen molar-refractivity contribution in [3.63, 3.8) is 0 Å². The standard InChI is InChI=1S/C21H21N3O/c1-16-7-5-6-10-19(16)21(25)24-20-12-11-18(15-23-20)22-14-13-17-8-3-2-4-9-17/h2-12,15,22H,13-14H2,1H3,(H,23,24,25). The molecule has 0 aliphatic carbocycles. The molecule has 2 N–H and O–H groups in total. The third kappa shape index (κ3) is 4.67. The Hall–Kier alpha value is -3.14. The van der Waals surface area contributed by atoms with E-state index < -0.39 is 0 Å². The lowest BCUT2D eigenvalue weighted by molar-refractivity contribution is 0.102. The Morgan fingerprint density at radius 2 is 1.72 bits per heavy atom. The van der Waals surface area contributed by atoms with Gasteiger partial charge in [-0.25, -0.2) is 4.98 Å². The molecule has 1 amide bonds. The molecule has 0 bridgehead atoms. The monoisotopic (exact) mass is 331 g/mol. The molecule has 3 rings (SSSR count). The van der Waals surface area contributed by atoms with E-state index in [0.29, 0.717) is 11.4 Å². The predicted molar refractivity (Wildman–Crippen MR) is 102 cm³/mol. The van der Waals surface area contributed by atoms with E-state index in [2.05, 4.69) is 27.8 Å². The molecule has 1 aromatic heterocycles. The van der Waals surface area contributed by atoms with Crippen LogP contribution in [0.25, 0.3) is 0 Å². The van der Waals surface area contributed by atoms with Gasteiger partial charge in [-0.3, -0.25) is 4.79 Å². The molecule has 25 heavy (non-hydrogen) atoms. The van der Waals surface area contributed by atoms with Crippen molar-refractivity contribution in [2.24, 2.45) is 0 Å². The van der Waals surface area contributed by atoms with E-state index in [1.54, 1.807) is 12.3 Å². The second-order valence-corrected chi connectivity index (χ2v) is 5.86. The van der Waals surface area contributed by atoms with Gasteiger partial charge in [0.05, 0.1) is 11.9 Å². The molecule has 0 spiro atoms. The van der Waals surface area contributed by atoms with Crippen LogP contribution in [0.2, 0.25) is 0 Å². The normalized spacial score (nSPS) is 10.3. The number of carbonyl (C=O) groups excluding carboxylic acids is 1. The van der Waals surface area contributed by atoms with E-state index in [4.69, 9.17) is 0 Å². The molecule has 0 fully saturated rings. The number of aryl methyl sites for hydroxylation is 1. The van der Waals surface area contributed by atoms with Crippen molar-refractivity contribution in [2.75, 3.05) is 17.2 Å². The van der Waals surface area contributed by atoms with Gasteiger partial charge in [-0.05, 0) is 42.7 Å². The molecule has 0 aliphatic rings. The molecule has 0 unspecified atom stereocenters. The fourth-order valence-electron chi connectivity index (χ4n) is 2.58. The van der Waals surface area contributed by atoms with Crippen molar-refractivity contribution in [2.45, 2.75) is 13.3 Å². The fraction of sp³-hybridized carbons (Fsp3) is 0.143. The molecule has 0 atom stereocenters. The van der Waals surface area contributed by atoms with Gasteiger partial charge in [-0.1, -0.05) is 48.5 Å². The predicted octanol–water partition coefficient (Wildman–Crippen LogP) is 4.30. The first-order valence-corrected chi connectivity index (χ1v) is 8.33. The van der Waals surface area contributed by atoms with Gasteiger partial charge in [-0.15, -0.1) is 0 Å². The number of rotatable bonds is 6. The minimum absolute atomic E-state index is 0.143. The molecule has 0 saturated heterocycles. The molecule has 2 aromatic carbocycles. The van der Waals surface area contributed by atoms with E-state index in [9.17, 15) is 4.79 Å². The number of hydrogen-bond donors (Lipinski definition) is 2.